The summed E-state index contributed by atoms with van der Waals surface area (Å²) in [6.45, 7) is 6.95. The topological polar surface area (TPSA) is 45.2 Å². The fraction of sp³-hybridized carbons (Fsp3) is 0.538. The number of aromatic nitrogens is 1. The molecule has 2 rings (SSSR count). The first-order valence-corrected chi connectivity index (χ1v) is 6.13. The summed E-state index contributed by atoms with van der Waals surface area (Å²) in [5.41, 5.74) is 1.02. The lowest BCUT2D eigenvalue weighted by Gasteiger charge is -2.38. The molecular weight excluding hydrogens is 214 g/mol. The summed E-state index contributed by atoms with van der Waals surface area (Å²) >= 11 is 0. The molecule has 1 amide bonds. The van der Waals surface area contributed by atoms with Gasteiger partial charge in [0.05, 0.1) is 5.69 Å². The number of carbonyl (C=O) groups excluding carboxylic acids is 1. The van der Waals surface area contributed by atoms with E-state index in [0.717, 1.165) is 18.2 Å². The van der Waals surface area contributed by atoms with Crippen LogP contribution in [0.3, 0.4) is 0 Å². The predicted molar refractivity (Wildman–Crippen MR) is 67.6 cm³/mol. The summed E-state index contributed by atoms with van der Waals surface area (Å²) < 4.78 is 0. The van der Waals surface area contributed by atoms with Crippen molar-refractivity contribution >= 4 is 11.7 Å². The standard InChI is InChI=1S/C13H19N3O/c1-3-11-7-16(8-11)9-12-5-4-6-13(15-12)14-10(2)17/h4-6,11H,3,7-9H2,1-2H3,(H,14,15,17). The third-order valence-electron chi connectivity index (χ3n) is 3.11. The van der Waals surface area contributed by atoms with E-state index in [9.17, 15) is 4.79 Å². The van der Waals surface area contributed by atoms with Gasteiger partial charge >= 0.3 is 0 Å². The van der Waals surface area contributed by atoms with E-state index in [2.05, 4.69) is 22.1 Å². The Morgan fingerprint density at radius 1 is 1.53 bits per heavy atom. The second-order valence-electron chi connectivity index (χ2n) is 4.66. The largest absolute Gasteiger partial charge is 0.311 e. The van der Waals surface area contributed by atoms with Crippen LogP contribution in [0.25, 0.3) is 0 Å². The summed E-state index contributed by atoms with van der Waals surface area (Å²) in [5.74, 6) is 1.42. The van der Waals surface area contributed by atoms with Gasteiger partial charge in [-0.05, 0) is 18.1 Å². The van der Waals surface area contributed by atoms with Crippen LogP contribution < -0.4 is 5.32 Å². The minimum atomic E-state index is -0.0790. The summed E-state index contributed by atoms with van der Waals surface area (Å²) in [6.07, 6.45) is 1.26. The number of rotatable bonds is 4. The van der Waals surface area contributed by atoms with E-state index >= 15 is 0 Å². The molecule has 0 saturated carbocycles. The number of likely N-dealkylation sites (tertiary alicyclic amines) is 1. The fourth-order valence-corrected chi connectivity index (χ4v) is 2.11. The summed E-state index contributed by atoms with van der Waals surface area (Å²) in [6, 6.07) is 5.76. The Morgan fingerprint density at radius 3 is 2.94 bits per heavy atom. The zero-order chi connectivity index (χ0) is 12.3. The number of hydrogen-bond donors (Lipinski definition) is 1. The van der Waals surface area contributed by atoms with E-state index in [1.807, 2.05) is 18.2 Å². The van der Waals surface area contributed by atoms with Gasteiger partial charge in [0.2, 0.25) is 5.91 Å². The van der Waals surface area contributed by atoms with Crippen LogP contribution in [0.5, 0.6) is 0 Å². The van der Waals surface area contributed by atoms with E-state index in [-0.39, 0.29) is 5.91 Å². The molecule has 1 aliphatic rings. The smallest absolute Gasteiger partial charge is 0.222 e. The van der Waals surface area contributed by atoms with Gasteiger partial charge in [-0.2, -0.15) is 0 Å². The van der Waals surface area contributed by atoms with Crippen molar-refractivity contribution in [2.24, 2.45) is 5.92 Å². The van der Waals surface area contributed by atoms with E-state index in [0.29, 0.717) is 5.82 Å². The summed E-state index contributed by atoms with van der Waals surface area (Å²) in [5, 5.41) is 2.71. The van der Waals surface area contributed by atoms with Crippen molar-refractivity contribution in [1.82, 2.24) is 9.88 Å². The maximum absolute atomic E-state index is 10.9. The zero-order valence-corrected chi connectivity index (χ0v) is 10.4. The third kappa shape index (κ3) is 3.27. The lowest BCUT2D eigenvalue weighted by molar-refractivity contribution is -0.114. The number of anilines is 1. The molecule has 1 aromatic rings. The van der Waals surface area contributed by atoms with Gasteiger partial charge in [-0.3, -0.25) is 9.69 Å². The van der Waals surface area contributed by atoms with Crippen LogP contribution in [0.1, 0.15) is 26.0 Å². The first-order valence-electron chi connectivity index (χ1n) is 6.13. The van der Waals surface area contributed by atoms with Crippen molar-refractivity contribution in [2.75, 3.05) is 18.4 Å². The average Bonchev–Trinajstić information content (AvgIpc) is 2.22. The Labute approximate surface area is 102 Å². The van der Waals surface area contributed by atoms with Gasteiger partial charge in [0.1, 0.15) is 5.82 Å². The molecule has 0 aliphatic carbocycles. The number of carbonyl (C=O) groups is 1. The van der Waals surface area contributed by atoms with Crippen LogP contribution in [-0.2, 0) is 11.3 Å². The molecule has 1 fully saturated rings. The maximum atomic E-state index is 10.9. The van der Waals surface area contributed by atoms with E-state index in [1.54, 1.807) is 0 Å². The molecule has 92 valence electrons. The molecular formula is C13H19N3O. The monoisotopic (exact) mass is 233 g/mol. The zero-order valence-electron chi connectivity index (χ0n) is 10.4. The summed E-state index contributed by atoms with van der Waals surface area (Å²) in [4.78, 5) is 17.7. The molecule has 0 atom stereocenters. The van der Waals surface area contributed by atoms with Gasteiger partial charge in [-0.1, -0.05) is 19.4 Å². The first-order chi connectivity index (χ1) is 8.17. The molecule has 0 spiro atoms. The second kappa shape index (κ2) is 5.27. The normalized spacial score (nSPS) is 16.6. The molecule has 0 unspecified atom stereocenters. The highest BCUT2D eigenvalue weighted by Gasteiger charge is 2.24. The van der Waals surface area contributed by atoms with Gasteiger partial charge in [0, 0.05) is 26.6 Å². The van der Waals surface area contributed by atoms with Crippen molar-refractivity contribution in [3.05, 3.63) is 23.9 Å². The molecule has 1 saturated heterocycles. The van der Waals surface area contributed by atoms with Gasteiger partial charge in [0.15, 0.2) is 0 Å². The van der Waals surface area contributed by atoms with Crippen molar-refractivity contribution < 1.29 is 4.79 Å². The van der Waals surface area contributed by atoms with Crippen LogP contribution in [0.2, 0.25) is 0 Å². The highest BCUT2D eigenvalue weighted by Crippen LogP contribution is 2.20. The molecule has 2 heterocycles. The van der Waals surface area contributed by atoms with Gasteiger partial charge < -0.3 is 5.32 Å². The predicted octanol–water partition coefficient (Wildman–Crippen LogP) is 1.88. The van der Waals surface area contributed by atoms with E-state index < -0.39 is 0 Å². The number of amides is 1. The molecule has 4 heteroatoms. The van der Waals surface area contributed by atoms with Crippen molar-refractivity contribution in [1.29, 1.82) is 0 Å². The molecule has 0 bridgehead atoms. The number of pyridine rings is 1. The Kier molecular flexibility index (Phi) is 3.74. The van der Waals surface area contributed by atoms with Crippen molar-refractivity contribution in [3.63, 3.8) is 0 Å². The number of nitrogens with one attached hydrogen (secondary N) is 1. The van der Waals surface area contributed by atoms with Crippen LogP contribution in [-0.4, -0.2) is 28.9 Å². The Morgan fingerprint density at radius 2 is 2.29 bits per heavy atom. The minimum Gasteiger partial charge on any atom is -0.311 e. The molecule has 0 radical (unpaired) electrons. The van der Waals surface area contributed by atoms with Crippen molar-refractivity contribution in [3.8, 4) is 0 Å². The highest BCUT2D eigenvalue weighted by molar-refractivity contribution is 5.87. The van der Waals surface area contributed by atoms with Crippen LogP contribution in [0.15, 0.2) is 18.2 Å². The molecule has 4 nitrogen and oxygen atoms in total. The molecule has 1 aliphatic heterocycles. The second-order valence-corrected chi connectivity index (χ2v) is 4.66. The SMILES string of the molecule is CCC1CN(Cc2cccc(NC(C)=O)n2)C1. The van der Waals surface area contributed by atoms with Crippen LogP contribution >= 0.6 is 0 Å². The lowest BCUT2D eigenvalue weighted by atomic mass is 9.97. The number of hydrogen-bond acceptors (Lipinski definition) is 3. The van der Waals surface area contributed by atoms with Crippen LogP contribution in [0, 0.1) is 5.92 Å². The Balaban J connectivity index is 1.90. The molecule has 17 heavy (non-hydrogen) atoms. The van der Waals surface area contributed by atoms with Gasteiger partial charge in [-0.25, -0.2) is 4.98 Å². The maximum Gasteiger partial charge on any atom is 0.222 e. The third-order valence-corrected chi connectivity index (χ3v) is 3.11. The highest BCUT2D eigenvalue weighted by atomic mass is 16.1. The quantitative estimate of drug-likeness (QED) is 0.863. The Hall–Kier alpha value is -1.42. The van der Waals surface area contributed by atoms with Crippen LogP contribution in [0.4, 0.5) is 5.82 Å². The summed E-state index contributed by atoms with van der Waals surface area (Å²) in [7, 11) is 0. The van der Waals surface area contributed by atoms with Crippen molar-refractivity contribution in [2.45, 2.75) is 26.8 Å². The average molecular weight is 233 g/mol. The van der Waals surface area contributed by atoms with Gasteiger partial charge in [-0.15, -0.1) is 0 Å². The molecule has 1 aromatic heterocycles. The Bertz CT molecular complexity index is 399. The molecule has 1 N–H and O–H groups in total. The lowest BCUT2D eigenvalue weighted by Crippen LogP contribution is -2.45. The fourth-order valence-electron chi connectivity index (χ4n) is 2.11. The minimum absolute atomic E-state index is 0.0790. The van der Waals surface area contributed by atoms with E-state index in [1.165, 1.54) is 26.4 Å². The van der Waals surface area contributed by atoms with E-state index in [4.69, 9.17) is 0 Å². The first kappa shape index (κ1) is 12.0. The molecule has 0 aromatic carbocycles. The number of nitrogens with zero attached hydrogens (tertiary/aromatic N) is 2. The van der Waals surface area contributed by atoms with Gasteiger partial charge in [0.25, 0.3) is 0 Å².